The third-order valence-electron chi connectivity index (χ3n) is 2.29. The average Bonchev–Trinajstić information content (AvgIpc) is 2.28. The van der Waals surface area contributed by atoms with E-state index in [4.69, 9.17) is 10.4 Å². The van der Waals surface area contributed by atoms with Crippen molar-refractivity contribution in [2.24, 2.45) is 0 Å². The smallest absolute Gasteiger partial charge is 0.335 e. The van der Waals surface area contributed by atoms with E-state index in [-0.39, 0.29) is 17.7 Å². The van der Waals surface area contributed by atoms with Crippen molar-refractivity contribution in [2.75, 3.05) is 4.72 Å². The quantitative estimate of drug-likeness (QED) is 0.849. The van der Waals surface area contributed by atoms with Gasteiger partial charge >= 0.3 is 5.97 Å². The highest BCUT2D eigenvalue weighted by atomic mass is 79.9. The lowest BCUT2D eigenvalue weighted by Gasteiger charge is -2.12. The van der Waals surface area contributed by atoms with E-state index in [2.05, 4.69) is 20.7 Å². The average molecular weight is 347 g/mol. The third kappa shape index (κ3) is 3.94. The number of nitriles is 1. The molecule has 0 spiro atoms. The van der Waals surface area contributed by atoms with Gasteiger partial charge in [-0.3, -0.25) is 4.72 Å². The Kier molecular flexibility index (Phi) is 4.91. The summed E-state index contributed by atoms with van der Waals surface area (Å²) < 4.78 is 26.4. The number of carboxylic acids is 1. The Morgan fingerprint density at radius 1 is 1.53 bits per heavy atom. The number of hydrogen-bond donors (Lipinski definition) is 2. The minimum Gasteiger partial charge on any atom is -0.478 e. The van der Waals surface area contributed by atoms with Crippen LogP contribution in [0, 0.1) is 11.3 Å². The maximum Gasteiger partial charge on any atom is 0.335 e. The van der Waals surface area contributed by atoms with Crippen molar-refractivity contribution in [3.8, 4) is 6.07 Å². The van der Waals surface area contributed by atoms with Gasteiger partial charge < -0.3 is 5.11 Å². The number of nitrogens with one attached hydrogen (secondary N) is 1. The topological polar surface area (TPSA) is 107 Å². The number of sulfonamides is 1. The van der Waals surface area contributed by atoms with Crippen LogP contribution in [0.15, 0.2) is 22.7 Å². The molecule has 1 aromatic carbocycles. The largest absolute Gasteiger partial charge is 0.478 e. The van der Waals surface area contributed by atoms with E-state index in [1.807, 2.05) is 0 Å². The SMILES string of the molecule is CCC(C#N)S(=O)(=O)Nc1cc(Br)cc(C(=O)O)c1. The van der Waals surface area contributed by atoms with Crippen molar-refractivity contribution >= 4 is 37.6 Å². The van der Waals surface area contributed by atoms with Gasteiger partial charge in [-0.25, -0.2) is 13.2 Å². The van der Waals surface area contributed by atoms with Crippen LogP contribution in [0.4, 0.5) is 5.69 Å². The highest BCUT2D eigenvalue weighted by Gasteiger charge is 2.23. The van der Waals surface area contributed by atoms with E-state index in [0.717, 1.165) is 0 Å². The van der Waals surface area contributed by atoms with Gasteiger partial charge in [0.25, 0.3) is 0 Å². The van der Waals surface area contributed by atoms with E-state index < -0.39 is 21.2 Å². The van der Waals surface area contributed by atoms with Crippen LogP contribution in [0.25, 0.3) is 0 Å². The van der Waals surface area contributed by atoms with Crippen molar-refractivity contribution in [1.29, 1.82) is 5.26 Å². The van der Waals surface area contributed by atoms with Gasteiger partial charge in [0, 0.05) is 4.47 Å². The summed E-state index contributed by atoms with van der Waals surface area (Å²) in [5.74, 6) is -1.17. The van der Waals surface area contributed by atoms with E-state index in [1.165, 1.54) is 18.2 Å². The zero-order valence-electron chi connectivity index (χ0n) is 9.92. The van der Waals surface area contributed by atoms with Crippen LogP contribution in [0.2, 0.25) is 0 Å². The maximum atomic E-state index is 11.9. The second-order valence-electron chi connectivity index (χ2n) is 3.71. The van der Waals surface area contributed by atoms with Gasteiger partial charge in [0.1, 0.15) is 0 Å². The Hall–Kier alpha value is -1.59. The van der Waals surface area contributed by atoms with Crippen LogP contribution in [0.3, 0.4) is 0 Å². The summed E-state index contributed by atoms with van der Waals surface area (Å²) in [4.78, 5) is 10.9. The number of hydrogen-bond acceptors (Lipinski definition) is 4. The minimum atomic E-state index is -3.86. The molecular weight excluding hydrogens is 336 g/mol. The molecule has 2 N–H and O–H groups in total. The third-order valence-corrected chi connectivity index (χ3v) is 4.46. The fourth-order valence-corrected chi connectivity index (χ4v) is 3.05. The van der Waals surface area contributed by atoms with Crippen LogP contribution >= 0.6 is 15.9 Å². The van der Waals surface area contributed by atoms with Crippen molar-refractivity contribution < 1.29 is 18.3 Å². The Labute approximate surface area is 119 Å². The fraction of sp³-hybridized carbons (Fsp3) is 0.273. The normalized spacial score (nSPS) is 12.5. The van der Waals surface area contributed by atoms with Gasteiger partial charge in [-0.15, -0.1) is 0 Å². The molecule has 0 aliphatic rings. The second-order valence-corrected chi connectivity index (χ2v) is 6.49. The Balaban J connectivity index is 3.13. The Morgan fingerprint density at radius 2 is 2.16 bits per heavy atom. The zero-order chi connectivity index (χ0) is 14.6. The molecule has 1 aromatic rings. The van der Waals surface area contributed by atoms with Gasteiger partial charge in [-0.1, -0.05) is 22.9 Å². The number of anilines is 1. The van der Waals surface area contributed by atoms with Crippen molar-refractivity contribution in [2.45, 2.75) is 18.6 Å². The summed E-state index contributed by atoms with van der Waals surface area (Å²) in [5.41, 5.74) is 0.0394. The molecule has 6 nitrogen and oxygen atoms in total. The molecule has 8 heteroatoms. The molecule has 1 unspecified atom stereocenters. The van der Waals surface area contributed by atoms with E-state index in [9.17, 15) is 13.2 Å². The molecule has 0 aliphatic carbocycles. The number of benzene rings is 1. The predicted octanol–water partition coefficient (Wildman–Crippen LogP) is 2.19. The summed E-state index contributed by atoms with van der Waals surface area (Å²) in [7, 11) is -3.86. The monoisotopic (exact) mass is 346 g/mol. The number of nitrogens with zero attached hydrogens (tertiary/aromatic N) is 1. The Morgan fingerprint density at radius 3 is 2.63 bits per heavy atom. The molecule has 0 amide bonds. The second kappa shape index (κ2) is 6.04. The standard InChI is InChI=1S/C11H11BrN2O4S/c1-2-10(6-13)19(17,18)14-9-4-7(11(15)16)3-8(12)5-9/h3-5,10,14H,2H2,1H3,(H,15,16). The molecule has 0 aliphatic heterocycles. The van der Waals surface area contributed by atoms with E-state index in [1.54, 1.807) is 13.0 Å². The predicted molar refractivity (Wildman–Crippen MR) is 73.3 cm³/mol. The first-order valence-electron chi connectivity index (χ1n) is 5.25. The first-order valence-corrected chi connectivity index (χ1v) is 7.59. The van der Waals surface area contributed by atoms with Gasteiger partial charge in [-0.2, -0.15) is 5.26 Å². The van der Waals surface area contributed by atoms with E-state index >= 15 is 0 Å². The van der Waals surface area contributed by atoms with Gasteiger partial charge in [0.15, 0.2) is 5.25 Å². The number of carbonyl (C=O) groups is 1. The Bertz CT molecular complexity index is 637. The molecule has 0 saturated heterocycles. The summed E-state index contributed by atoms with van der Waals surface area (Å²) in [6.45, 7) is 1.58. The molecule has 0 heterocycles. The molecule has 0 saturated carbocycles. The number of aromatic carboxylic acids is 1. The summed E-state index contributed by atoms with van der Waals surface area (Å²) in [5, 5.41) is 16.5. The van der Waals surface area contributed by atoms with Gasteiger partial charge in [-0.05, 0) is 24.6 Å². The molecule has 1 rings (SSSR count). The summed E-state index contributed by atoms with van der Waals surface area (Å²) in [6.07, 6.45) is 0.144. The van der Waals surface area contributed by atoms with Crippen LogP contribution < -0.4 is 4.72 Å². The van der Waals surface area contributed by atoms with Crippen molar-refractivity contribution in [1.82, 2.24) is 0 Å². The molecule has 0 bridgehead atoms. The van der Waals surface area contributed by atoms with Crippen LogP contribution in [-0.4, -0.2) is 24.7 Å². The molecule has 0 fully saturated rings. The molecule has 19 heavy (non-hydrogen) atoms. The first-order chi connectivity index (χ1) is 8.80. The summed E-state index contributed by atoms with van der Waals surface area (Å²) >= 11 is 3.10. The van der Waals surface area contributed by atoms with Crippen molar-refractivity contribution in [3.05, 3.63) is 28.2 Å². The lowest BCUT2D eigenvalue weighted by Crippen LogP contribution is -2.26. The fourth-order valence-electron chi connectivity index (χ4n) is 1.39. The van der Waals surface area contributed by atoms with Crippen LogP contribution in [0.1, 0.15) is 23.7 Å². The minimum absolute atomic E-state index is 0.0583. The molecule has 0 aromatic heterocycles. The first kappa shape index (κ1) is 15.5. The zero-order valence-corrected chi connectivity index (χ0v) is 12.3. The van der Waals surface area contributed by atoms with Crippen LogP contribution in [0.5, 0.6) is 0 Å². The molecule has 1 atom stereocenters. The number of halogens is 1. The van der Waals surface area contributed by atoms with Crippen LogP contribution in [-0.2, 0) is 10.0 Å². The number of carboxylic acid groups (broad SMARTS) is 1. The van der Waals surface area contributed by atoms with Gasteiger partial charge in [0.2, 0.25) is 10.0 Å². The molecular formula is C11H11BrN2O4S. The van der Waals surface area contributed by atoms with E-state index in [0.29, 0.717) is 4.47 Å². The van der Waals surface area contributed by atoms with Crippen molar-refractivity contribution in [3.63, 3.8) is 0 Å². The molecule has 102 valence electrons. The highest BCUT2D eigenvalue weighted by molar-refractivity contribution is 9.10. The number of rotatable bonds is 5. The molecule has 0 radical (unpaired) electrons. The maximum absolute atomic E-state index is 11.9. The summed E-state index contributed by atoms with van der Waals surface area (Å²) in [6, 6.07) is 5.65. The lowest BCUT2D eigenvalue weighted by atomic mass is 10.2. The lowest BCUT2D eigenvalue weighted by molar-refractivity contribution is 0.0697. The highest BCUT2D eigenvalue weighted by Crippen LogP contribution is 2.22. The van der Waals surface area contributed by atoms with Gasteiger partial charge in [0.05, 0.1) is 17.3 Å².